The number of carbonyl (C=O) groups is 1. The lowest BCUT2D eigenvalue weighted by molar-refractivity contribution is -0.143. The van der Waals surface area contributed by atoms with Crippen LogP contribution in [0.4, 0.5) is 0 Å². The third-order valence-electron chi connectivity index (χ3n) is 4.75. The lowest BCUT2D eigenvalue weighted by Crippen LogP contribution is -2.32. The summed E-state index contributed by atoms with van der Waals surface area (Å²) < 4.78 is 11.2. The number of hydrogen-bond acceptors (Lipinski definition) is 3. The maximum atomic E-state index is 11.8. The Kier molecular flexibility index (Phi) is 3.79. The van der Waals surface area contributed by atoms with Crippen molar-refractivity contribution in [3.8, 4) is 11.5 Å². The largest absolute Gasteiger partial charge is 0.493 e. The zero-order valence-corrected chi connectivity index (χ0v) is 12.4. The summed E-state index contributed by atoms with van der Waals surface area (Å²) in [6.45, 7) is 0.694. The van der Waals surface area contributed by atoms with Gasteiger partial charge in [-0.3, -0.25) is 4.79 Å². The van der Waals surface area contributed by atoms with Gasteiger partial charge in [-0.05, 0) is 49.3 Å². The summed E-state index contributed by atoms with van der Waals surface area (Å²) >= 11 is 0. The Balaban J connectivity index is 1.90. The highest BCUT2D eigenvalue weighted by atomic mass is 16.5. The highest BCUT2D eigenvalue weighted by Gasteiger charge is 2.43. The van der Waals surface area contributed by atoms with Crippen molar-refractivity contribution in [1.29, 1.82) is 0 Å². The molecule has 0 unspecified atom stereocenters. The van der Waals surface area contributed by atoms with Gasteiger partial charge in [0.1, 0.15) is 0 Å². The maximum Gasteiger partial charge on any atom is 0.314 e. The molecule has 0 heterocycles. The van der Waals surface area contributed by atoms with Gasteiger partial charge < -0.3 is 14.6 Å². The van der Waals surface area contributed by atoms with Crippen LogP contribution in [-0.2, 0) is 10.2 Å². The summed E-state index contributed by atoms with van der Waals surface area (Å²) in [5.41, 5.74) is 0.100. The van der Waals surface area contributed by atoms with Gasteiger partial charge in [0.25, 0.3) is 0 Å². The SMILES string of the molecule is COc1ccc(C2(C(=O)O)CCCC2)cc1OCC1CC1. The number of benzene rings is 1. The molecule has 1 N–H and O–H groups in total. The van der Waals surface area contributed by atoms with Crippen molar-refractivity contribution in [3.05, 3.63) is 23.8 Å². The molecule has 0 amide bonds. The second-order valence-electron chi connectivity index (χ2n) is 6.21. The molecule has 21 heavy (non-hydrogen) atoms. The van der Waals surface area contributed by atoms with Crippen LogP contribution < -0.4 is 9.47 Å². The zero-order chi connectivity index (χ0) is 14.9. The van der Waals surface area contributed by atoms with Crippen LogP contribution in [0.25, 0.3) is 0 Å². The summed E-state index contributed by atoms with van der Waals surface area (Å²) in [6.07, 6.45) is 5.79. The van der Waals surface area contributed by atoms with E-state index in [2.05, 4.69) is 0 Å². The molecule has 1 aromatic carbocycles. The second kappa shape index (κ2) is 5.58. The fourth-order valence-corrected chi connectivity index (χ4v) is 3.18. The Morgan fingerprint density at radius 2 is 2.00 bits per heavy atom. The Bertz CT molecular complexity index is 528. The Labute approximate surface area is 125 Å². The van der Waals surface area contributed by atoms with Gasteiger partial charge in [-0.25, -0.2) is 0 Å². The number of ether oxygens (including phenoxy) is 2. The molecule has 4 nitrogen and oxygen atoms in total. The summed E-state index contributed by atoms with van der Waals surface area (Å²) in [4.78, 5) is 11.8. The summed E-state index contributed by atoms with van der Waals surface area (Å²) in [6, 6.07) is 5.59. The van der Waals surface area contributed by atoms with E-state index < -0.39 is 11.4 Å². The van der Waals surface area contributed by atoms with E-state index >= 15 is 0 Å². The molecule has 0 atom stereocenters. The van der Waals surface area contributed by atoms with E-state index in [0.717, 1.165) is 18.4 Å². The average molecular weight is 290 g/mol. The van der Waals surface area contributed by atoms with Crippen LogP contribution in [0.2, 0.25) is 0 Å². The molecule has 0 bridgehead atoms. The van der Waals surface area contributed by atoms with Gasteiger partial charge in [0, 0.05) is 0 Å². The minimum absolute atomic E-state index is 0.651. The minimum atomic E-state index is -0.746. The Morgan fingerprint density at radius 1 is 1.29 bits per heavy atom. The van der Waals surface area contributed by atoms with Crippen LogP contribution >= 0.6 is 0 Å². The van der Waals surface area contributed by atoms with Crippen molar-refractivity contribution in [2.45, 2.75) is 43.9 Å². The zero-order valence-electron chi connectivity index (χ0n) is 12.4. The van der Waals surface area contributed by atoms with Crippen LogP contribution in [-0.4, -0.2) is 24.8 Å². The van der Waals surface area contributed by atoms with E-state index in [1.807, 2.05) is 18.2 Å². The first-order valence-electron chi connectivity index (χ1n) is 7.70. The molecular weight excluding hydrogens is 268 g/mol. The molecule has 2 aliphatic rings. The fourth-order valence-electron chi connectivity index (χ4n) is 3.18. The number of hydrogen-bond donors (Lipinski definition) is 1. The first-order chi connectivity index (χ1) is 10.2. The van der Waals surface area contributed by atoms with E-state index in [0.29, 0.717) is 36.9 Å². The van der Waals surface area contributed by atoms with Gasteiger partial charge in [-0.15, -0.1) is 0 Å². The predicted octanol–water partition coefficient (Wildman–Crippen LogP) is 3.38. The first-order valence-corrected chi connectivity index (χ1v) is 7.70. The lowest BCUT2D eigenvalue weighted by atomic mass is 9.79. The first kappa shape index (κ1) is 14.2. The quantitative estimate of drug-likeness (QED) is 0.872. The van der Waals surface area contributed by atoms with E-state index in [9.17, 15) is 9.90 Å². The normalized spacial score (nSPS) is 20.2. The lowest BCUT2D eigenvalue weighted by Gasteiger charge is -2.25. The van der Waals surface area contributed by atoms with Crippen molar-refractivity contribution in [2.24, 2.45) is 5.92 Å². The predicted molar refractivity (Wildman–Crippen MR) is 79.0 cm³/mol. The van der Waals surface area contributed by atoms with E-state index in [-0.39, 0.29) is 0 Å². The molecule has 114 valence electrons. The number of aliphatic carboxylic acids is 1. The molecule has 0 radical (unpaired) electrons. The molecule has 2 aliphatic carbocycles. The Hall–Kier alpha value is -1.71. The topological polar surface area (TPSA) is 55.8 Å². The number of methoxy groups -OCH3 is 1. The van der Waals surface area contributed by atoms with Crippen LogP contribution in [0.15, 0.2) is 18.2 Å². The van der Waals surface area contributed by atoms with Gasteiger partial charge in [0.15, 0.2) is 11.5 Å². The minimum Gasteiger partial charge on any atom is -0.493 e. The van der Waals surface area contributed by atoms with Crippen LogP contribution in [0.3, 0.4) is 0 Å². The van der Waals surface area contributed by atoms with E-state index in [1.165, 1.54) is 12.8 Å². The van der Waals surface area contributed by atoms with Crippen molar-refractivity contribution in [2.75, 3.05) is 13.7 Å². The molecule has 0 saturated heterocycles. The van der Waals surface area contributed by atoms with Gasteiger partial charge in [-0.1, -0.05) is 18.9 Å². The molecule has 2 fully saturated rings. The molecule has 4 heteroatoms. The molecule has 2 saturated carbocycles. The highest BCUT2D eigenvalue weighted by molar-refractivity contribution is 5.82. The average Bonchev–Trinajstić information content (AvgIpc) is 3.18. The van der Waals surface area contributed by atoms with Crippen molar-refractivity contribution in [3.63, 3.8) is 0 Å². The van der Waals surface area contributed by atoms with Crippen LogP contribution in [0.5, 0.6) is 11.5 Å². The van der Waals surface area contributed by atoms with Crippen molar-refractivity contribution in [1.82, 2.24) is 0 Å². The summed E-state index contributed by atoms with van der Waals surface area (Å²) in [5, 5.41) is 9.69. The summed E-state index contributed by atoms with van der Waals surface area (Å²) in [5.74, 6) is 1.28. The van der Waals surface area contributed by atoms with Crippen molar-refractivity contribution >= 4 is 5.97 Å². The second-order valence-corrected chi connectivity index (χ2v) is 6.21. The standard InChI is InChI=1S/C17H22O4/c1-20-14-7-6-13(10-15(14)21-11-12-4-5-12)17(16(18)19)8-2-3-9-17/h6-7,10,12H,2-5,8-9,11H2,1H3,(H,18,19). The third kappa shape index (κ3) is 2.71. The highest BCUT2D eigenvalue weighted by Crippen LogP contribution is 2.44. The number of carboxylic acids is 1. The van der Waals surface area contributed by atoms with Gasteiger partial charge in [0.05, 0.1) is 19.1 Å². The molecular formula is C17H22O4. The molecule has 0 aliphatic heterocycles. The third-order valence-corrected chi connectivity index (χ3v) is 4.75. The monoisotopic (exact) mass is 290 g/mol. The number of rotatable bonds is 6. The number of carboxylic acid groups (broad SMARTS) is 1. The van der Waals surface area contributed by atoms with E-state index in [4.69, 9.17) is 9.47 Å². The Morgan fingerprint density at radius 3 is 2.57 bits per heavy atom. The van der Waals surface area contributed by atoms with Gasteiger partial charge in [-0.2, -0.15) is 0 Å². The van der Waals surface area contributed by atoms with Gasteiger partial charge in [0.2, 0.25) is 0 Å². The molecule has 0 spiro atoms. The van der Waals surface area contributed by atoms with Crippen LogP contribution in [0, 0.1) is 5.92 Å². The summed E-state index contributed by atoms with van der Waals surface area (Å²) in [7, 11) is 1.61. The smallest absolute Gasteiger partial charge is 0.314 e. The van der Waals surface area contributed by atoms with Crippen molar-refractivity contribution < 1.29 is 19.4 Å². The molecule has 0 aromatic heterocycles. The maximum absolute atomic E-state index is 11.8. The molecule has 3 rings (SSSR count). The van der Waals surface area contributed by atoms with E-state index in [1.54, 1.807) is 7.11 Å². The fraction of sp³-hybridized carbons (Fsp3) is 0.588. The van der Waals surface area contributed by atoms with Crippen LogP contribution in [0.1, 0.15) is 44.1 Å². The van der Waals surface area contributed by atoms with Gasteiger partial charge >= 0.3 is 5.97 Å². The molecule has 1 aromatic rings.